The lowest BCUT2D eigenvalue weighted by Gasteiger charge is -2.38. The van der Waals surface area contributed by atoms with Crippen molar-refractivity contribution in [3.63, 3.8) is 0 Å². The first-order valence-electron chi connectivity index (χ1n) is 5.42. The summed E-state index contributed by atoms with van der Waals surface area (Å²) in [6, 6.07) is 9.48. The summed E-state index contributed by atoms with van der Waals surface area (Å²) < 4.78 is 0. The van der Waals surface area contributed by atoms with Crippen molar-refractivity contribution in [1.82, 2.24) is 5.32 Å². The van der Waals surface area contributed by atoms with Crippen LogP contribution in [-0.4, -0.2) is 29.0 Å². The number of hydrogen-bond donors (Lipinski definition) is 3. The Morgan fingerprint density at radius 3 is 2.69 bits per heavy atom. The van der Waals surface area contributed by atoms with Gasteiger partial charge in [-0.3, -0.25) is 5.32 Å². The van der Waals surface area contributed by atoms with Crippen molar-refractivity contribution in [2.45, 2.75) is 25.0 Å². The van der Waals surface area contributed by atoms with E-state index in [-0.39, 0.29) is 12.6 Å². The van der Waals surface area contributed by atoms with Crippen molar-refractivity contribution in [3.8, 4) is 0 Å². The minimum atomic E-state index is -0.820. The highest BCUT2D eigenvalue weighted by molar-refractivity contribution is 5.87. The predicted molar refractivity (Wildman–Crippen MR) is 62.5 cm³/mol. The molecular formula is C12H16N2O2. The quantitative estimate of drug-likeness (QED) is 0.701. The lowest BCUT2D eigenvalue weighted by Crippen LogP contribution is -2.56. The van der Waals surface area contributed by atoms with Gasteiger partial charge in [0.2, 0.25) is 0 Å². The van der Waals surface area contributed by atoms with Gasteiger partial charge in [-0.2, -0.15) is 0 Å². The number of aliphatic hydroxyl groups is 2. The number of nitrogens with one attached hydrogen (secondary N) is 1. The second kappa shape index (κ2) is 4.23. The number of hydrogen-bond acceptors (Lipinski definition) is 3. The molecule has 0 spiro atoms. The maximum Gasteiger partial charge on any atom is 0.197 e. The Bertz CT molecular complexity index is 391. The third-order valence-corrected chi connectivity index (χ3v) is 3.23. The predicted octanol–water partition coefficient (Wildman–Crippen LogP) is 1.17. The van der Waals surface area contributed by atoms with Gasteiger partial charge >= 0.3 is 0 Å². The highest BCUT2D eigenvalue weighted by Crippen LogP contribution is 2.33. The molecule has 2 atom stereocenters. The Balaban J connectivity index is 2.53. The van der Waals surface area contributed by atoms with E-state index in [1.165, 1.54) is 0 Å². The van der Waals surface area contributed by atoms with Crippen LogP contribution in [0, 0.1) is 0 Å². The van der Waals surface area contributed by atoms with Crippen LogP contribution in [0.3, 0.4) is 0 Å². The van der Waals surface area contributed by atoms with Gasteiger partial charge in [-0.05, 0) is 12.0 Å². The number of nitrogens with zero attached hydrogens (tertiary/aromatic N) is 1. The van der Waals surface area contributed by atoms with E-state index in [9.17, 15) is 10.2 Å². The minimum Gasteiger partial charge on any atom is -0.496 e. The molecule has 0 fully saturated rings. The van der Waals surface area contributed by atoms with Crippen molar-refractivity contribution < 1.29 is 10.2 Å². The van der Waals surface area contributed by atoms with E-state index >= 15 is 0 Å². The fourth-order valence-electron chi connectivity index (χ4n) is 2.22. The first kappa shape index (κ1) is 11.1. The molecule has 4 nitrogen and oxygen atoms in total. The molecule has 0 radical (unpaired) electrons. The third-order valence-electron chi connectivity index (χ3n) is 3.23. The Labute approximate surface area is 94.6 Å². The van der Waals surface area contributed by atoms with E-state index in [1.807, 2.05) is 37.3 Å². The van der Waals surface area contributed by atoms with E-state index < -0.39 is 11.6 Å². The Morgan fingerprint density at radius 2 is 2.12 bits per heavy atom. The second-order valence-corrected chi connectivity index (χ2v) is 3.94. The van der Waals surface area contributed by atoms with E-state index in [0.29, 0.717) is 6.42 Å². The molecule has 0 bridgehead atoms. The summed E-state index contributed by atoms with van der Waals surface area (Å²) in [5.41, 5.74) is 0.0536. The van der Waals surface area contributed by atoms with Crippen LogP contribution >= 0.6 is 0 Å². The average Bonchev–Trinajstić information content (AvgIpc) is 2.31. The first-order valence-corrected chi connectivity index (χ1v) is 5.42. The molecule has 1 aliphatic heterocycles. The average molecular weight is 220 g/mol. The van der Waals surface area contributed by atoms with Gasteiger partial charge in [0.1, 0.15) is 11.6 Å². The van der Waals surface area contributed by atoms with Gasteiger partial charge in [0.05, 0.1) is 6.67 Å². The van der Waals surface area contributed by atoms with Crippen LogP contribution < -0.4 is 5.32 Å². The lowest BCUT2D eigenvalue weighted by molar-refractivity contribution is 0.0641. The molecule has 4 heteroatoms. The van der Waals surface area contributed by atoms with Crippen molar-refractivity contribution >= 4 is 5.90 Å². The summed E-state index contributed by atoms with van der Waals surface area (Å²) in [5.74, 6) is 0.00690. The molecule has 1 heterocycles. The topological polar surface area (TPSA) is 64.9 Å². The molecule has 0 aromatic heterocycles. The Hall–Kier alpha value is -1.39. The van der Waals surface area contributed by atoms with Gasteiger partial charge in [-0.25, -0.2) is 4.99 Å². The number of benzene rings is 1. The Kier molecular flexibility index (Phi) is 2.94. The molecule has 2 rings (SSSR count). The highest BCUT2D eigenvalue weighted by atomic mass is 16.3. The number of aliphatic imine (C=N–C) groups is 1. The molecule has 0 saturated heterocycles. The van der Waals surface area contributed by atoms with E-state index in [4.69, 9.17) is 0 Å². The zero-order chi connectivity index (χ0) is 11.6. The second-order valence-electron chi connectivity index (χ2n) is 3.94. The maximum absolute atomic E-state index is 10.1. The van der Waals surface area contributed by atoms with Crippen molar-refractivity contribution in [1.29, 1.82) is 0 Å². The number of rotatable bonds is 2. The zero-order valence-electron chi connectivity index (χ0n) is 9.22. The van der Waals surface area contributed by atoms with Gasteiger partial charge in [0.25, 0.3) is 0 Å². The summed E-state index contributed by atoms with van der Waals surface area (Å²) in [6.45, 7) is 2.18. The highest BCUT2D eigenvalue weighted by Gasteiger charge is 2.45. The molecule has 1 aromatic rings. The van der Waals surface area contributed by atoms with Crippen LogP contribution in [0.15, 0.2) is 35.3 Å². The lowest BCUT2D eigenvalue weighted by atomic mass is 9.75. The van der Waals surface area contributed by atoms with Crippen LogP contribution in [0.2, 0.25) is 0 Å². The largest absolute Gasteiger partial charge is 0.496 e. The summed E-state index contributed by atoms with van der Waals surface area (Å²) in [4.78, 5) is 3.98. The van der Waals surface area contributed by atoms with Crippen LogP contribution in [-0.2, 0) is 5.41 Å². The van der Waals surface area contributed by atoms with Gasteiger partial charge in [0.15, 0.2) is 5.90 Å². The molecule has 2 unspecified atom stereocenters. The molecule has 16 heavy (non-hydrogen) atoms. The van der Waals surface area contributed by atoms with Gasteiger partial charge < -0.3 is 10.2 Å². The molecule has 86 valence electrons. The van der Waals surface area contributed by atoms with Crippen molar-refractivity contribution in [2.75, 3.05) is 6.67 Å². The Morgan fingerprint density at radius 1 is 1.44 bits per heavy atom. The summed E-state index contributed by atoms with van der Waals surface area (Å²) in [6.07, 6.45) is -0.224. The molecular weight excluding hydrogens is 204 g/mol. The van der Waals surface area contributed by atoms with E-state index in [0.717, 1.165) is 5.56 Å². The smallest absolute Gasteiger partial charge is 0.197 e. The van der Waals surface area contributed by atoms with Gasteiger partial charge in [-0.1, -0.05) is 37.3 Å². The van der Waals surface area contributed by atoms with Crippen molar-refractivity contribution in [2.24, 2.45) is 4.99 Å². The SMILES string of the molecule is CCC1(c2ccccc2)C(O)=NCNC1O. The van der Waals surface area contributed by atoms with Crippen LogP contribution in [0.4, 0.5) is 0 Å². The van der Waals surface area contributed by atoms with Crippen molar-refractivity contribution in [3.05, 3.63) is 35.9 Å². The monoisotopic (exact) mass is 220 g/mol. The molecule has 1 aliphatic rings. The van der Waals surface area contributed by atoms with E-state index in [2.05, 4.69) is 10.3 Å². The van der Waals surface area contributed by atoms with Gasteiger partial charge in [-0.15, -0.1) is 0 Å². The van der Waals surface area contributed by atoms with Crippen LogP contribution in [0.1, 0.15) is 18.9 Å². The van der Waals surface area contributed by atoms with Gasteiger partial charge in [0, 0.05) is 0 Å². The molecule has 3 N–H and O–H groups in total. The molecule has 0 aliphatic carbocycles. The first-order chi connectivity index (χ1) is 7.71. The molecule has 0 amide bonds. The molecule has 0 saturated carbocycles. The normalized spacial score (nSPS) is 29.9. The fourth-order valence-corrected chi connectivity index (χ4v) is 2.22. The maximum atomic E-state index is 10.1. The zero-order valence-corrected chi connectivity index (χ0v) is 9.22. The summed E-state index contributed by atoms with van der Waals surface area (Å²) in [5, 5.41) is 22.9. The fraction of sp³-hybridized carbons (Fsp3) is 0.417. The third kappa shape index (κ3) is 1.50. The standard InChI is InChI=1S/C12H16N2O2/c1-2-12(9-6-4-3-5-7-9)10(15)13-8-14-11(12)16/h3-7,10,13,15H,2,8H2,1H3,(H,14,16). The summed E-state index contributed by atoms with van der Waals surface area (Å²) in [7, 11) is 0. The van der Waals surface area contributed by atoms with E-state index in [1.54, 1.807) is 0 Å². The van der Waals surface area contributed by atoms with Crippen LogP contribution in [0.25, 0.3) is 0 Å². The van der Waals surface area contributed by atoms with Crippen LogP contribution in [0.5, 0.6) is 0 Å². The number of aliphatic hydroxyl groups excluding tert-OH is 2. The minimum absolute atomic E-state index is 0.00690. The molecule has 1 aromatic carbocycles. The summed E-state index contributed by atoms with van der Waals surface area (Å²) >= 11 is 0.